The third-order valence-corrected chi connectivity index (χ3v) is 9.06. The smallest absolute Gasteiger partial charge is 0.244 e. The van der Waals surface area contributed by atoms with E-state index in [1.54, 1.807) is 12.1 Å². The van der Waals surface area contributed by atoms with E-state index in [-0.39, 0.29) is 23.3 Å². The average molecular weight is 523 g/mol. The minimum atomic E-state index is -3.71. The Morgan fingerprint density at radius 1 is 0.946 bits per heavy atom. The number of fused-ring (bicyclic) bond motifs is 5. The molecule has 196 valence electrons. The minimum Gasteiger partial charge on any atom is -0.358 e. The second-order valence-corrected chi connectivity index (χ2v) is 12.4. The molecule has 0 aliphatic carbocycles. The molecule has 2 aliphatic heterocycles. The molecular weight excluding hydrogens is 488 g/mol. The summed E-state index contributed by atoms with van der Waals surface area (Å²) in [6.45, 7) is 9.40. The van der Waals surface area contributed by atoms with E-state index in [0.29, 0.717) is 37.2 Å². The molecule has 10 heteroatoms. The number of carbonyl (C=O) groups is 1. The van der Waals surface area contributed by atoms with Gasteiger partial charge in [-0.25, -0.2) is 18.4 Å². The first-order valence-electron chi connectivity index (χ1n) is 12.8. The molecule has 5 rings (SSSR count). The number of anilines is 1. The van der Waals surface area contributed by atoms with E-state index < -0.39 is 22.2 Å². The van der Waals surface area contributed by atoms with E-state index in [9.17, 15) is 13.2 Å². The number of piperazine rings is 1. The van der Waals surface area contributed by atoms with Crippen LogP contribution >= 0.6 is 0 Å². The van der Waals surface area contributed by atoms with E-state index in [0.717, 1.165) is 16.5 Å². The maximum atomic E-state index is 13.5. The van der Waals surface area contributed by atoms with Gasteiger partial charge in [-0.15, -0.1) is 0 Å². The van der Waals surface area contributed by atoms with Crippen LogP contribution in [0.2, 0.25) is 0 Å². The minimum absolute atomic E-state index is 0.0204. The number of nitrogens with one attached hydrogen (secondary N) is 2. The molecule has 1 aromatic heterocycles. The van der Waals surface area contributed by atoms with Crippen LogP contribution in [0.1, 0.15) is 45.0 Å². The van der Waals surface area contributed by atoms with Gasteiger partial charge in [0, 0.05) is 25.0 Å². The molecule has 2 aromatic carbocycles. The largest absolute Gasteiger partial charge is 0.358 e. The van der Waals surface area contributed by atoms with E-state index in [4.69, 9.17) is 9.97 Å². The van der Waals surface area contributed by atoms with Crippen LogP contribution in [-0.2, 0) is 21.4 Å². The molecule has 2 N–H and O–H groups in total. The lowest BCUT2D eigenvalue weighted by molar-refractivity contribution is -0.125. The van der Waals surface area contributed by atoms with Gasteiger partial charge in [-0.1, -0.05) is 52.0 Å². The molecule has 37 heavy (non-hydrogen) atoms. The predicted molar refractivity (Wildman–Crippen MR) is 143 cm³/mol. The van der Waals surface area contributed by atoms with Crippen LogP contribution in [0.5, 0.6) is 0 Å². The highest BCUT2D eigenvalue weighted by molar-refractivity contribution is 7.89. The van der Waals surface area contributed by atoms with Crippen LogP contribution in [0.3, 0.4) is 0 Å². The van der Waals surface area contributed by atoms with Gasteiger partial charge < -0.3 is 10.6 Å². The molecule has 1 unspecified atom stereocenters. The summed E-state index contributed by atoms with van der Waals surface area (Å²) in [6, 6.07) is 14.3. The second-order valence-electron chi connectivity index (χ2n) is 10.5. The number of hydrogen-bond acceptors (Lipinski definition) is 7. The zero-order valence-corrected chi connectivity index (χ0v) is 22.5. The molecule has 0 radical (unpaired) electrons. The zero-order valence-electron chi connectivity index (χ0n) is 21.7. The van der Waals surface area contributed by atoms with Gasteiger partial charge in [-0.2, -0.15) is 4.31 Å². The van der Waals surface area contributed by atoms with Gasteiger partial charge in [0.15, 0.2) is 0 Å². The fourth-order valence-corrected chi connectivity index (χ4v) is 6.37. The van der Waals surface area contributed by atoms with Crippen molar-refractivity contribution in [2.75, 3.05) is 25.0 Å². The third-order valence-electron chi connectivity index (χ3n) is 7.18. The van der Waals surface area contributed by atoms with Gasteiger partial charge in [-0.3, -0.25) is 9.69 Å². The third kappa shape index (κ3) is 5.05. The Balaban J connectivity index is 1.47. The lowest BCUT2D eigenvalue weighted by Gasteiger charge is -2.41. The lowest BCUT2D eigenvalue weighted by Crippen LogP contribution is -2.62. The van der Waals surface area contributed by atoms with Crippen LogP contribution in [0.25, 0.3) is 10.9 Å². The highest BCUT2D eigenvalue weighted by Crippen LogP contribution is 2.26. The second kappa shape index (κ2) is 10.00. The highest BCUT2D eigenvalue weighted by atomic mass is 32.2. The van der Waals surface area contributed by atoms with E-state index in [1.165, 1.54) is 4.31 Å². The van der Waals surface area contributed by atoms with Crippen LogP contribution < -0.4 is 10.6 Å². The van der Waals surface area contributed by atoms with Gasteiger partial charge in [0.2, 0.25) is 15.9 Å². The summed E-state index contributed by atoms with van der Waals surface area (Å²) in [7, 11) is -3.71. The summed E-state index contributed by atoms with van der Waals surface area (Å²) in [6.07, 6.45) is -0.509. The topological polar surface area (TPSA) is 108 Å². The molecule has 2 aliphatic rings. The summed E-state index contributed by atoms with van der Waals surface area (Å²) in [5.74, 6) is 1.38. The summed E-state index contributed by atoms with van der Waals surface area (Å²) in [4.78, 5) is 25.3. The van der Waals surface area contributed by atoms with Gasteiger partial charge in [0.25, 0.3) is 0 Å². The number of aromatic nitrogens is 2. The van der Waals surface area contributed by atoms with Crippen molar-refractivity contribution in [2.45, 2.75) is 57.3 Å². The number of rotatable bonds is 4. The van der Waals surface area contributed by atoms with Crippen molar-refractivity contribution >= 4 is 32.7 Å². The molecule has 3 aromatic rings. The quantitative estimate of drug-likeness (QED) is 0.542. The van der Waals surface area contributed by atoms with Crippen molar-refractivity contribution in [1.82, 2.24) is 24.5 Å². The first-order chi connectivity index (χ1) is 17.6. The number of para-hydroxylation sites is 1. The van der Waals surface area contributed by atoms with Crippen molar-refractivity contribution in [3.05, 3.63) is 59.9 Å². The van der Waals surface area contributed by atoms with Crippen molar-refractivity contribution in [3.8, 4) is 0 Å². The number of hydrogen-bond donors (Lipinski definition) is 2. The normalized spacial score (nSPS) is 21.5. The summed E-state index contributed by atoms with van der Waals surface area (Å²) in [5.41, 5.74) is 1.89. The molecule has 3 heterocycles. The van der Waals surface area contributed by atoms with Gasteiger partial charge in [0.05, 0.1) is 23.1 Å². The summed E-state index contributed by atoms with van der Waals surface area (Å²) >= 11 is 0. The average Bonchev–Trinajstić information content (AvgIpc) is 2.87. The maximum absolute atomic E-state index is 13.5. The van der Waals surface area contributed by atoms with E-state index in [2.05, 4.69) is 29.4 Å². The van der Waals surface area contributed by atoms with E-state index in [1.807, 2.05) is 50.2 Å². The SMILES string of the molecule is CC(C)c1ccc(S(=O)(=O)N2CCN3Cc4nc(c5ccccc5n4)N[C@@H](C(C)C)C(=O)NC3C2)cc1. The number of amides is 1. The van der Waals surface area contributed by atoms with Crippen molar-refractivity contribution in [3.63, 3.8) is 0 Å². The first kappa shape index (κ1) is 25.6. The molecule has 1 amide bonds. The van der Waals surface area contributed by atoms with Crippen molar-refractivity contribution in [2.24, 2.45) is 5.92 Å². The Kier molecular flexibility index (Phi) is 6.91. The number of carbonyl (C=O) groups excluding carboxylic acids is 1. The summed E-state index contributed by atoms with van der Waals surface area (Å²) < 4.78 is 28.5. The Bertz CT molecular complexity index is 1410. The Labute approximate surface area is 218 Å². The number of nitrogens with zero attached hydrogens (tertiary/aromatic N) is 4. The van der Waals surface area contributed by atoms with Crippen LogP contribution in [0.4, 0.5) is 5.82 Å². The monoisotopic (exact) mass is 522 g/mol. The molecule has 1 fully saturated rings. The molecule has 2 bridgehead atoms. The standard InChI is InChI=1S/C27H34N6O3S/c1-17(2)19-9-11-20(12-10-19)37(35,36)33-14-13-32-15-23-28-22-8-6-5-7-21(22)26(29-23)31-25(18(3)4)27(34)30-24(32)16-33/h5-12,17-18,24-25H,13-16H2,1-4H3,(H,30,34)(H,28,29,31)/t24?,25-/m0/s1. The summed E-state index contributed by atoms with van der Waals surface area (Å²) in [5, 5.41) is 7.33. The fraction of sp³-hybridized carbons (Fsp3) is 0.444. The predicted octanol–water partition coefficient (Wildman–Crippen LogP) is 3.15. The molecule has 9 nitrogen and oxygen atoms in total. The van der Waals surface area contributed by atoms with Gasteiger partial charge in [-0.05, 0) is 41.7 Å². The molecule has 1 saturated heterocycles. The molecular formula is C27H34N6O3S. The zero-order chi connectivity index (χ0) is 26.3. The number of sulfonamides is 1. The maximum Gasteiger partial charge on any atom is 0.244 e. The molecule has 0 spiro atoms. The van der Waals surface area contributed by atoms with Crippen LogP contribution in [0, 0.1) is 5.92 Å². The van der Waals surface area contributed by atoms with E-state index >= 15 is 0 Å². The Hall–Kier alpha value is -3.08. The fourth-order valence-electron chi connectivity index (χ4n) is 4.94. The highest BCUT2D eigenvalue weighted by Gasteiger charge is 2.37. The van der Waals surface area contributed by atoms with Gasteiger partial charge in [0.1, 0.15) is 17.7 Å². The first-order valence-corrected chi connectivity index (χ1v) is 14.2. The molecule has 0 saturated carbocycles. The Morgan fingerprint density at radius 3 is 2.38 bits per heavy atom. The van der Waals surface area contributed by atoms with Gasteiger partial charge >= 0.3 is 0 Å². The lowest BCUT2D eigenvalue weighted by atomic mass is 10.0. The van der Waals surface area contributed by atoms with Crippen molar-refractivity contribution < 1.29 is 13.2 Å². The van der Waals surface area contributed by atoms with Crippen LogP contribution in [0.15, 0.2) is 53.4 Å². The van der Waals surface area contributed by atoms with Crippen LogP contribution in [-0.4, -0.2) is 65.3 Å². The number of benzene rings is 2. The van der Waals surface area contributed by atoms with Crippen molar-refractivity contribution in [1.29, 1.82) is 0 Å². The molecule has 2 atom stereocenters. The Morgan fingerprint density at radius 2 is 1.68 bits per heavy atom.